The van der Waals surface area contributed by atoms with Gasteiger partial charge in [0.25, 0.3) is 0 Å². The molecule has 5 nitrogen and oxygen atoms in total. The predicted octanol–water partition coefficient (Wildman–Crippen LogP) is 4.70. The second-order valence-electron chi connectivity index (χ2n) is 4.82. The number of ether oxygens (including phenoxy) is 2. The van der Waals surface area contributed by atoms with Crippen molar-refractivity contribution in [2.24, 2.45) is 0 Å². The molecule has 0 unspecified atom stereocenters. The average molecular weight is 363 g/mol. The number of hydrogen-bond donors (Lipinski definition) is 0. The van der Waals surface area contributed by atoms with E-state index in [1.807, 2.05) is 36.4 Å². The van der Waals surface area contributed by atoms with Crippen molar-refractivity contribution in [1.29, 1.82) is 0 Å². The zero-order valence-corrected chi connectivity index (χ0v) is 14.7. The Morgan fingerprint density at radius 2 is 1.88 bits per heavy atom. The molecule has 0 aliphatic heterocycles. The summed E-state index contributed by atoms with van der Waals surface area (Å²) in [5.74, 6) is 2.95. The van der Waals surface area contributed by atoms with Crippen molar-refractivity contribution in [2.75, 3.05) is 14.2 Å². The number of thioether (sulfide) groups is 1. The first kappa shape index (κ1) is 16.7. The Kier molecular flexibility index (Phi) is 5.27. The van der Waals surface area contributed by atoms with Crippen LogP contribution in [0.5, 0.6) is 11.5 Å². The van der Waals surface area contributed by atoms with Crippen LogP contribution < -0.4 is 9.47 Å². The van der Waals surface area contributed by atoms with Crippen LogP contribution in [-0.4, -0.2) is 24.4 Å². The maximum absolute atomic E-state index is 5.88. The van der Waals surface area contributed by atoms with Gasteiger partial charge >= 0.3 is 0 Å². The Morgan fingerprint density at radius 1 is 1.08 bits per heavy atom. The molecule has 1 aromatic heterocycles. The third-order valence-corrected chi connectivity index (χ3v) is 4.54. The number of halogens is 1. The van der Waals surface area contributed by atoms with E-state index in [2.05, 4.69) is 10.1 Å². The molecule has 3 rings (SSSR count). The molecule has 0 aliphatic carbocycles. The number of nitrogens with zero attached hydrogens (tertiary/aromatic N) is 2. The van der Waals surface area contributed by atoms with Crippen LogP contribution >= 0.6 is 23.4 Å². The van der Waals surface area contributed by atoms with Gasteiger partial charge in [0.2, 0.25) is 11.7 Å². The van der Waals surface area contributed by atoms with E-state index in [4.69, 9.17) is 25.6 Å². The molecule has 24 heavy (non-hydrogen) atoms. The van der Waals surface area contributed by atoms with E-state index < -0.39 is 0 Å². The van der Waals surface area contributed by atoms with E-state index in [0.717, 1.165) is 10.5 Å². The molecule has 0 fully saturated rings. The molecule has 2 aromatic carbocycles. The predicted molar refractivity (Wildman–Crippen MR) is 93.9 cm³/mol. The first-order valence-electron chi connectivity index (χ1n) is 7.13. The number of hydrogen-bond acceptors (Lipinski definition) is 6. The SMILES string of the molecule is COc1ccc(-c2noc(CSc3ccc(Cl)cc3)n2)c(OC)c1. The normalized spacial score (nSPS) is 10.6. The third kappa shape index (κ3) is 3.83. The minimum Gasteiger partial charge on any atom is -0.497 e. The highest BCUT2D eigenvalue weighted by molar-refractivity contribution is 7.98. The largest absolute Gasteiger partial charge is 0.497 e. The van der Waals surface area contributed by atoms with E-state index >= 15 is 0 Å². The molecular weight excluding hydrogens is 348 g/mol. The van der Waals surface area contributed by atoms with Crippen molar-refractivity contribution >= 4 is 23.4 Å². The summed E-state index contributed by atoms with van der Waals surface area (Å²) >= 11 is 7.48. The summed E-state index contributed by atoms with van der Waals surface area (Å²) in [6.45, 7) is 0. The van der Waals surface area contributed by atoms with E-state index in [0.29, 0.717) is 34.0 Å². The van der Waals surface area contributed by atoms with Gasteiger partial charge in [-0.1, -0.05) is 16.8 Å². The molecule has 0 N–H and O–H groups in total. The summed E-state index contributed by atoms with van der Waals surface area (Å²) in [6, 6.07) is 13.1. The second-order valence-corrected chi connectivity index (χ2v) is 6.31. The molecule has 0 radical (unpaired) electrons. The van der Waals surface area contributed by atoms with Gasteiger partial charge in [-0.3, -0.25) is 0 Å². The fourth-order valence-corrected chi connectivity index (χ4v) is 2.94. The Bertz CT molecular complexity index is 821. The van der Waals surface area contributed by atoms with Crippen molar-refractivity contribution in [3.8, 4) is 22.9 Å². The lowest BCUT2D eigenvalue weighted by Gasteiger charge is -2.07. The van der Waals surface area contributed by atoms with E-state index in [1.165, 1.54) is 0 Å². The highest BCUT2D eigenvalue weighted by Gasteiger charge is 2.14. The minimum absolute atomic E-state index is 0.487. The maximum Gasteiger partial charge on any atom is 0.237 e. The molecule has 0 spiro atoms. The second kappa shape index (κ2) is 7.59. The Balaban J connectivity index is 1.74. The lowest BCUT2D eigenvalue weighted by Crippen LogP contribution is -1.91. The molecule has 124 valence electrons. The monoisotopic (exact) mass is 362 g/mol. The van der Waals surface area contributed by atoms with Gasteiger partial charge in [-0.05, 0) is 36.4 Å². The quantitative estimate of drug-likeness (QED) is 0.592. The van der Waals surface area contributed by atoms with E-state index in [1.54, 1.807) is 32.0 Å². The van der Waals surface area contributed by atoms with Crippen molar-refractivity contribution < 1.29 is 14.0 Å². The fraction of sp³-hybridized carbons (Fsp3) is 0.176. The van der Waals surface area contributed by atoms with Gasteiger partial charge in [0, 0.05) is 16.0 Å². The first-order chi connectivity index (χ1) is 11.7. The number of rotatable bonds is 6. The first-order valence-corrected chi connectivity index (χ1v) is 8.49. The van der Waals surface area contributed by atoms with Gasteiger partial charge < -0.3 is 14.0 Å². The Morgan fingerprint density at radius 3 is 2.58 bits per heavy atom. The van der Waals surface area contributed by atoms with E-state index in [-0.39, 0.29) is 0 Å². The molecule has 7 heteroatoms. The summed E-state index contributed by atoms with van der Waals surface area (Å²) in [4.78, 5) is 5.52. The maximum atomic E-state index is 5.88. The molecule has 0 saturated carbocycles. The van der Waals surface area contributed by atoms with Crippen LogP contribution in [0.2, 0.25) is 5.02 Å². The highest BCUT2D eigenvalue weighted by Crippen LogP contribution is 2.32. The van der Waals surface area contributed by atoms with Gasteiger partial charge in [0.05, 0.1) is 25.5 Å². The van der Waals surface area contributed by atoms with Gasteiger partial charge in [0.15, 0.2) is 0 Å². The minimum atomic E-state index is 0.487. The Hall–Kier alpha value is -2.18. The number of aromatic nitrogens is 2. The molecule has 0 saturated heterocycles. The van der Waals surface area contributed by atoms with Crippen LogP contribution in [0.1, 0.15) is 5.89 Å². The summed E-state index contributed by atoms with van der Waals surface area (Å²) in [5.41, 5.74) is 0.754. The zero-order chi connectivity index (χ0) is 16.9. The topological polar surface area (TPSA) is 57.4 Å². The van der Waals surface area contributed by atoms with Crippen LogP contribution in [0.4, 0.5) is 0 Å². The van der Waals surface area contributed by atoms with Gasteiger partial charge in [0.1, 0.15) is 11.5 Å². The molecule has 0 aliphatic rings. The van der Waals surface area contributed by atoms with Crippen LogP contribution in [-0.2, 0) is 5.75 Å². The lowest BCUT2D eigenvalue weighted by atomic mass is 10.2. The zero-order valence-electron chi connectivity index (χ0n) is 13.2. The summed E-state index contributed by atoms with van der Waals surface area (Å²) < 4.78 is 15.9. The van der Waals surface area contributed by atoms with Gasteiger partial charge in [-0.2, -0.15) is 4.98 Å². The molecule has 0 amide bonds. The van der Waals surface area contributed by atoms with Gasteiger partial charge in [-0.25, -0.2) is 0 Å². The summed E-state index contributed by atoms with van der Waals surface area (Å²) in [7, 11) is 3.20. The third-order valence-electron chi connectivity index (χ3n) is 3.29. The fourth-order valence-electron chi connectivity index (χ4n) is 2.08. The van der Waals surface area contributed by atoms with Crippen LogP contribution in [0, 0.1) is 0 Å². The van der Waals surface area contributed by atoms with E-state index in [9.17, 15) is 0 Å². The van der Waals surface area contributed by atoms with Crippen LogP contribution in [0.3, 0.4) is 0 Å². The summed E-state index contributed by atoms with van der Waals surface area (Å²) in [5, 5.41) is 4.75. The molecule has 0 atom stereocenters. The molecule has 0 bridgehead atoms. The highest BCUT2D eigenvalue weighted by atomic mass is 35.5. The van der Waals surface area contributed by atoms with Crippen molar-refractivity contribution in [3.63, 3.8) is 0 Å². The van der Waals surface area contributed by atoms with Crippen molar-refractivity contribution in [3.05, 3.63) is 53.4 Å². The molecular formula is C17H15ClN2O3S. The lowest BCUT2D eigenvalue weighted by molar-refractivity contribution is 0.388. The molecule has 3 aromatic rings. The Labute approximate surface area is 148 Å². The smallest absolute Gasteiger partial charge is 0.237 e. The standard InChI is InChI=1S/C17H15ClN2O3S/c1-21-12-5-8-14(15(9-12)22-2)17-19-16(23-20-17)10-24-13-6-3-11(18)4-7-13/h3-9H,10H2,1-2H3. The number of benzene rings is 2. The van der Waals surface area contributed by atoms with Crippen molar-refractivity contribution in [2.45, 2.75) is 10.6 Å². The van der Waals surface area contributed by atoms with Crippen LogP contribution in [0.15, 0.2) is 51.9 Å². The van der Waals surface area contributed by atoms with Gasteiger partial charge in [-0.15, -0.1) is 11.8 Å². The average Bonchev–Trinajstić information content (AvgIpc) is 3.09. The number of methoxy groups -OCH3 is 2. The van der Waals surface area contributed by atoms with Crippen molar-refractivity contribution in [1.82, 2.24) is 10.1 Å². The van der Waals surface area contributed by atoms with Crippen LogP contribution in [0.25, 0.3) is 11.4 Å². The summed E-state index contributed by atoms with van der Waals surface area (Å²) in [6.07, 6.45) is 0. The molecule has 1 heterocycles.